The first-order chi connectivity index (χ1) is 13.0. The SMILES string of the molecule is O=C(CNC(=O)c1ccsc1)Nc1cccc(S(=O)(=O)N2CCCCC2)c1. The lowest BCUT2D eigenvalue weighted by Crippen LogP contribution is -2.35. The van der Waals surface area contributed by atoms with E-state index in [0.717, 1.165) is 19.3 Å². The second-order valence-electron chi connectivity index (χ2n) is 6.24. The molecule has 1 aliphatic heterocycles. The molecule has 144 valence electrons. The van der Waals surface area contributed by atoms with E-state index in [4.69, 9.17) is 0 Å². The highest BCUT2D eigenvalue weighted by molar-refractivity contribution is 7.89. The minimum Gasteiger partial charge on any atom is -0.343 e. The molecule has 1 aromatic carbocycles. The molecule has 2 heterocycles. The summed E-state index contributed by atoms with van der Waals surface area (Å²) < 4.78 is 26.9. The molecule has 1 fully saturated rings. The van der Waals surface area contributed by atoms with Crippen molar-refractivity contribution in [1.82, 2.24) is 9.62 Å². The third-order valence-corrected chi connectivity index (χ3v) is 6.84. The monoisotopic (exact) mass is 407 g/mol. The van der Waals surface area contributed by atoms with E-state index in [1.807, 2.05) is 0 Å². The Balaban J connectivity index is 1.61. The van der Waals surface area contributed by atoms with Crippen LogP contribution in [0.4, 0.5) is 5.69 Å². The molecule has 1 saturated heterocycles. The van der Waals surface area contributed by atoms with E-state index in [1.165, 1.54) is 27.8 Å². The molecule has 2 amide bonds. The van der Waals surface area contributed by atoms with Gasteiger partial charge in [0.15, 0.2) is 0 Å². The van der Waals surface area contributed by atoms with Crippen molar-refractivity contribution in [2.24, 2.45) is 0 Å². The van der Waals surface area contributed by atoms with Crippen molar-refractivity contribution in [2.45, 2.75) is 24.2 Å². The normalized spacial score (nSPS) is 15.3. The Labute approximate surface area is 162 Å². The Hall–Kier alpha value is -2.23. The maximum Gasteiger partial charge on any atom is 0.252 e. The summed E-state index contributed by atoms with van der Waals surface area (Å²) in [7, 11) is -3.56. The summed E-state index contributed by atoms with van der Waals surface area (Å²) in [5.41, 5.74) is 0.880. The number of carbonyl (C=O) groups is 2. The molecule has 0 spiro atoms. The Morgan fingerprint density at radius 1 is 1.11 bits per heavy atom. The van der Waals surface area contributed by atoms with Gasteiger partial charge in [-0.25, -0.2) is 8.42 Å². The van der Waals surface area contributed by atoms with Gasteiger partial charge in [0, 0.05) is 29.7 Å². The van der Waals surface area contributed by atoms with Gasteiger partial charge in [-0.15, -0.1) is 0 Å². The zero-order chi connectivity index (χ0) is 19.3. The minimum atomic E-state index is -3.56. The minimum absolute atomic E-state index is 0.157. The van der Waals surface area contributed by atoms with Gasteiger partial charge in [-0.3, -0.25) is 9.59 Å². The molecular formula is C18H21N3O4S2. The largest absolute Gasteiger partial charge is 0.343 e. The van der Waals surface area contributed by atoms with E-state index in [-0.39, 0.29) is 17.3 Å². The number of benzene rings is 1. The fourth-order valence-electron chi connectivity index (χ4n) is 2.85. The number of rotatable bonds is 6. The molecule has 0 saturated carbocycles. The molecule has 2 aromatic rings. The summed E-state index contributed by atoms with van der Waals surface area (Å²) in [6, 6.07) is 7.86. The van der Waals surface area contributed by atoms with Crippen LogP contribution in [0.3, 0.4) is 0 Å². The van der Waals surface area contributed by atoms with Gasteiger partial charge in [0.1, 0.15) is 0 Å². The number of carbonyl (C=O) groups excluding carboxylic acids is 2. The summed E-state index contributed by atoms with van der Waals surface area (Å²) >= 11 is 1.40. The quantitative estimate of drug-likeness (QED) is 0.768. The number of nitrogens with one attached hydrogen (secondary N) is 2. The zero-order valence-electron chi connectivity index (χ0n) is 14.7. The van der Waals surface area contributed by atoms with Crippen LogP contribution >= 0.6 is 11.3 Å². The lowest BCUT2D eigenvalue weighted by Gasteiger charge is -2.26. The van der Waals surface area contributed by atoms with E-state index in [1.54, 1.807) is 29.0 Å². The van der Waals surface area contributed by atoms with Crippen molar-refractivity contribution in [1.29, 1.82) is 0 Å². The molecule has 9 heteroatoms. The second kappa shape index (κ2) is 8.64. The van der Waals surface area contributed by atoms with E-state index in [2.05, 4.69) is 10.6 Å². The number of hydrogen-bond donors (Lipinski definition) is 2. The third kappa shape index (κ3) is 4.94. The van der Waals surface area contributed by atoms with Crippen LogP contribution in [0, 0.1) is 0 Å². The number of thiophene rings is 1. The highest BCUT2D eigenvalue weighted by Gasteiger charge is 2.26. The van der Waals surface area contributed by atoms with Crippen molar-refractivity contribution in [3.63, 3.8) is 0 Å². The molecule has 7 nitrogen and oxygen atoms in total. The van der Waals surface area contributed by atoms with Crippen LogP contribution in [0.25, 0.3) is 0 Å². The van der Waals surface area contributed by atoms with Crippen LogP contribution in [0.2, 0.25) is 0 Å². The zero-order valence-corrected chi connectivity index (χ0v) is 16.3. The lowest BCUT2D eigenvalue weighted by molar-refractivity contribution is -0.115. The van der Waals surface area contributed by atoms with Gasteiger partial charge in [-0.05, 0) is 42.5 Å². The van der Waals surface area contributed by atoms with Gasteiger partial charge >= 0.3 is 0 Å². The summed E-state index contributed by atoms with van der Waals surface area (Å²) in [6.45, 7) is 0.846. The van der Waals surface area contributed by atoms with Crippen molar-refractivity contribution in [3.8, 4) is 0 Å². The number of nitrogens with zero attached hydrogens (tertiary/aromatic N) is 1. The first-order valence-electron chi connectivity index (χ1n) is 8.67. The average molecular weight is 408 g/mol. The maximum absolute atomic E-state index is 12.7. The molecule has 27 heavy (non-hydrogen) atoms. The van der Waals surface area contributed by atoms with E-state index < -0.39 is 15.9 Å². The first kappa shape index (κ1) is 19.5. The topological polar surface area (TPSA) is 95.6 Å². The molecule has 0 atom stereocenters. The number of sulfonamides is 1. The van der Waals surface area contributed by atoms with Crippen LogP contribution in [0.5, 0.6) is 0 Å². The fraction of sp³-hybridized carbons (Fsp3) is 0.333. The summed E-state index contributed by atoms with van der Waals surface area (Å²) in [6.07, 6.45) is 2.76. The van der Waals surface area contributed by atoms with Gasteiger partial charge in [0.25, 0.3) is 5.91 Å². The molecule has 1 aromatic heterocycles. The molecule has 2 N–H and O–H groups in total. The maximum atomic E-state index is 12.7. The molecule has 1 aliphatic rings. The lowest BCUT2D eigenvalue weighted by atomic mass is 10.2. The molecule has 0 bridgehead atoms. The van der Waals surface area contributed by atoms with Crippen molar-refractivity contribution < 1.29 is 18.0 Å². The predicted molar refractivity (Wildman–Crippen MR) is 104 cm³/mol. The van der Waals surface area contributed by atoms with Gasteiger partial charge in [-0.1, -0.05) is 12.5 Å². The van der Waals surface area contributed by atoms with Crippen LogP contribution in [-0.4, -0.2) is 44.2 Å². The second-order valence-corrected chi connectivity index (χ2v) is 8.95. The molecular weight excluding hydrogens is 386 g/mol. The fourth-order valence-corrected chi connectivity index (χ4v) is 5.05. The summed E-state index contributed by atoms with van der Waals surface area (Å²) in [4.78, 5) is 24.1. The number of anilines is 1. The van der Waals surface area contributed by atoms with E-state index in [0.29, 0.717) is 24.3 Å². The summed E-state index contributed by atoms with van der Waals surface area (Å²) in [5.74, 6) is -0.751. The van der Waals surface area contributed by atoms with Crippen LogP contribution < -0.4 is 10.6 Å². The standard InChI is InChI=1S/C18H21N3O4S2/c22-17(12-19-18(23)14-7-10-26-13-14)20-15-5-4-6-16(11-15)27(24,25)21-8-2-1-3-9-21/h4-7,10-11,13H,1-3,8-9,12H2,(H,19,23)(H,20,22). The predicted octanol–water partition coefficient (Wildman–Crippen LogP) is 2.29. The van der Waals surface area contributed by atoms with Gasteiger partial charge < -0.3 is 10.6 Å². The van der Waals surface area contributed by atoms with E-state index >= 15 is 0 Å². The highest BCUT2D eigenvalue weighted by Crippen LogP contribution is 2.22. The van der Waals surface area contributed by atoms with Gasteiger partial charge in [-0.2, -0.15) is 15.6 Å². The Kier molecular flexibility index (Phi) is 6.25. The summed E-state index contributed by atoms with van der Waals surface area (Å²) in [5, 5.41) is 8.63. The molecule has 0 aliphatic carbocycles. The Bertz CT molecular complexity index is 904. The number of piperidine rings is 1. The first-order valence-corrected chi connectivity index (χ1v) is 11.1. The molecule has 3 rings (SSSR count). The smallest absolute Gasteiger partial charge is 0.252 e. The molecule has 0 radical (unpaired) electrons. The van der Waals surface area contributed by atoms with Crippen molar-refractivity contribution in [3.05, 3.63) is 46.7 Å². The van der Waals surface area contributed by atoms with Gasteiger partial charge in [0.05, 0.1) is 11.4 Å². The van der Waals surface area contributed by atoms with E-state index in [9.17, 15) is 18.0 Å². The van der Waals surface area contributed by atoms with Crippen molar-refractivity contribution in [2.75, 3.05) is 25.0 Å². The van der Waals surface area contributed by atoms with Gasteiger partial charge in [0.2, 0.25) is 15.9 Å². The average Bonchev–Trinajstić information content (AvgIpc) is 3.22. The third-order valence-electron chi connectivity index (χ3n) is 4.26. The van der Waals surface area contributed by atoms with Crippen LogP contribution in [-0.2, 0) is 14.8 Å². The van der Waals surface area contributed by atoms with Crippen molar-refractivity contribution >= 4 is 38.9 Å². The molecule has 0 unspecified atom stereocenters. The number of hydrogen-bond acceptors (Lipinski definition) is 5. The number of amides is 2. The highest BCUT2D eigenvalue weighted by atomic mass is 32.2. The van der Waals surface area contributed by atoms with Crippen LogP contribution in [0.1, 0.15) is 29.6 Å². The Morgan fingerprint density at radius 2 is 1.89 bits per heavy atom. The van der Waals surface area contributed by atoms with Crippen LogP contribution in [0.15, 0.2) is 46.0 Å². The Morgan fingerprint density at radius 3 is 2.59 bits per heavy atom.